The highest BCUT2D eigenvalue weighted by Gasteiger charge is 2.25. The van der Waals surface area contributed by atoms with Crippen LogP contribution in [0.5, 0.6) is 0 Å². The number of nitrogens with one attached hydrogen (secondary N) is 1. The molecule has 0 aliphatic heterocycles. The summed E-state index contributed by atoms with van der Waals surface area (Å²) in [4.78, 5) is 28.1. The number of carboxylic acids is 1. The molecule has 1 amide bonds. The molecule has 1 aromatic carbocycles. The molecule has 4 aromatic rings. The molecule has 4 rings (SSSR count). The maximum atomic E-state index is 13.7. The number of benzene rings is 1. The van der Waals surface area contributed by atoms with Crippen molar-refractivity contribution in [1.29, 1.82) is 0 Å². The van der Waals surface area contributed by atoms with Crippen LogP contribution in [-0.2, 0) is 0 Å². The maximum Gasteiger partial charge on any atom is 0.339 e. The summed E-state index contributed by atoms with van der Waals surface area (Å²) in [6, 6.07) is 2.89. The largest absolute Gasteiger partial charge is 0.478 e. The van der Waals surface area contributed by atoms with Crippen molar-refractivity contribution >= 4 is 40.1 Å². The third-order valence-electron chi connectivity index (χ3n) is 4.21. The Morgan fingerprint density at radius 1 is 1.36 bits per heavy atom. The van der Waals surface area contributed by atoms with Gasteiger partial charge in [-0.15, -0.1) is 0 Å². The van der Waals surface area contributed by atoms with Crippen LogP contribution in [0.25, 0.3) is 16.6 Å². The van der Waals surface area contributed by atoms with E-state index in [9.17, 15) is 19.1 Å². The fourth-order valence-corrected chi connectivity index (χ4v) is 3.26. The third-order valence-corrected chi connectivity index (χ3v) is 4.60. The molecule has 142 valence electrons. The van der Waals surface area contributed by atoms with Gasteiger partial charge < -0.3 is 14.8 Å². The van der Waals surface area contributed by atoms with E-state index in [4.69, 9.17) is 16.0 Å². The lowest BCUT2D eigenvalue weighted by Crippen LogP contribution is -2.26. The van der Waals surface area contributed by atoms with Gasteiger partial charge in [-0.05, 0) is 25.1 Å². The average molecular weight is 403 g/mol. The van der Waals surface area contributed by atoms with E-state index in [0.717, 1.165) is 12.1 Å². The second-order valence-corrected chi connectivity index (χ2v) is 6.43. The molecular weight excluding hydrogens is 391 g/mol. The molecule has 0 bridgehead atoms. The van der Waals surface area contributed by atoms with E-state index in [1.165, 1.54) is 16.9 Å². The van der Waals surface area contributed by atoms with Gasteiger partial charge in [-0.2, -0.15) is 5.10 Å². The topological polar surface area (TPSA) is 110 Å². The Bertz CT molecular complexity index is 1250. The Hall–Kier alpha value is -3.46. The second kappa shape index (κ2) is 6.61. The number of amides is 1. The molecule has 28 heavy (non-hydrogen) atoms. The molecule has 10 heteroatoms. The molecule has 1 atom stereocenters. The van der Waals surface area contributed by atoms with E-state index in [0.29, 0.717) is 5.65 Å². The highest BCUT2D eigenvalue weighted by molar-refractivity contribution is 6.36. The number of rotatable bonds is 4. The third kappa shape index (κ3) is 2.85. The van der Waals surface area contributed by atoms with Crippen LogP contribution in [0.15, 0.2) is 41.2 Å². The standard InChI is InChI=1S/C18H12ClFN4O4/c1-8(23-17(25)12-7-22-24-4-2-3-21-16(12)24)14-13(19)10-5-9(20)6-11(18(26)27)15(10)28-14/h2-8H,1H3,(H,23,25)(H,26,27)/t8-/m0/s1. The van der Waals surface area contributed by atoms with Gasteiger partial charge in [0, 0.05) is 17.8 Å². The first-order valence-electron chi connectivity index (χ1n) is 8.10. The van der Waals surface area contributed by atoms with Crippen molar-refractivity contribution in [2.24, 2.45) is 0 Å². The zero-order chi connectivity index (χ0) is 20.0. The summed E-state index contributed by atoms with van der Waals surface area (Å²) in [6.45, 7) is 1.61. The van der Waals surface area contributed by atoms with E-state index in [1.807, 2.05) is 0 Å². The number of carbonyl (C=O) groups excluding carboxylic acids is 1. The number of hydrogen-bond donors (Lipinski definition) is 2. The minimum absolute atomic E-state index is 0.0304. The predicted molar refractivity (Wildman–Crippen MR) is 97.0 cm³/mol. The van der Waals surface area contributed by atoms with Crippen molar-refractivity contribution in [3.63, 3.8) is 0 Å². The van der Waals surface area contributed by atoms with Crippen molar-refractivity contribution in [2.45, 2.75) is 13.0 Å². The number of aromatic nitrogens is 3. The number of furan rings is 1. The van der Waals surface area contributed by atoms with Crippen LogP contribution < -0.4 is 5.32 Å². The maximum absolute atomic E-state index is 13.7. The zero-order valence-corrected chi connectivity index (χ0v) is 15.1. The summed E-state index contributed by atoms with van der Waals surface area (Å²) in [5.74, 6) is -2.46. The Morgan fingerprint density at radius 3 is 2.89 bits per heavy atom. The van der Waals surface area contributed by atoms with Crippen molar-refractivity contribution in [3.8, 4) is 0 Å². The molecule has 3 aromatic heterocycles. The molecular formula is C18H12ClFN4O4. The van der Waals surface area contributed by atoms with E-state index in [2.05, 4.69) is 15.4 Å². The first-order chi connectivity index (χ1) is 13.4. The second-order valence-electron chi connectivity index (χ2n) is 6.06. The molecule has 0 saturated carbocycles. The fraction of sp³-hybridized carbons (Fsp3) is 0.111. The molecule has 0 aliphatic rings. The fourth-order valence-electron chi connectivity index (χ4n) is 2.92. The number of aromatic carboxylic acids is 1. The van der Waals surface area contributed by atoms with Gasteiger partial charge in [-0.3, -0.25) is 4.79 Å². The summed E-state index contributed by atoms with van der Waals surface area (Å²) in [6.07, 6.45) is 4.57. The Labute approximate surface area is 161 Å². The van der Waals surface area contributed by atoms with Crippen molar-refractivity contribution in [2.75, 3.05) is 0 Å². The average Bonchev–Trinajstić information content (AvgIpc) is 3.23. The number of nitrogens with zero attached hydrogens (tertiary/aromatic N) is 3. The predicted octanol–water partition coefficient (Wildman–Crippen LogP) is 3.46. The first kappa shape index (κ1) is 17.9. The van der Waals surface area contributed by atoms with Gasteiger partial charge >= 0.3 is 5.97 Å². The molecule has 0 spiro atoms. The van der Waals surface area contributed by atoms with Crippen molar-refractivity contribution in [1.82, 2.24) is 19.9 Å². The van der Waals surface area contributed by atoms with Gasteiger partial charge in [0.05, 0.1) is 17.3 Å². The van der Waals surface area contributed by atoms with Gasteiger partial charge in [0.1, 0.15) is 22.7 Å². The summed E-state index contributed by atoms with van der Waals surface area (Å²) in [5.41, 5.74) is 0.205. The van der Waals surface area contributed by atoms with Crippen molar-refractivity contribution < 1.29 is 23.5 Å². The van der Waals surface area contributed by atoms with Gasteiger partial charge in [0.25, 0.3) is 5.91 Å². The summed E-state index contributed by atoms with van der Waals surface area (Å²) in [7, 11) is 0. The number of carbonyl (C=O) groups is 2. The first-order valence-corrected chi connectivity index (χ1v) is 8.48. The molecule has 0 fully saturated rings. The van der Waals surface area contributed by atoms with E-state index in [-0.39, 0.29) is 32.9 Å². The monoisotopic (exact) mass is 402 g/mol. The number of halogens is 2. The van der Waals surface area contributed by atoms with Gasteiger partial charge in [0.2, 0.25) is 0 Å². The van der Waals surface area contributed by atoms with Crippen LogP contribution in [0.2, 0.25) is 5.02 Å². The quantitative estimate of drug-likeness (QED) is 0.541. The molecule has 0 saturated heterocycles. The number of fused-ring (bicyclic) bond motifs is 2. The van der Waals surface area contributed by atoms with Gasteiger partial charge in [0.15, 0.2) is 11.2 Å². The molecule has 0 radical (unpaired) electrons. The lowest BCUT2D eigenvalue weighted by molar-refractivity contribution is 0.0696. The van der Waals surface area contributed by atoms with Crippen LogP contribution in [0.1, 0.15) is 39.4 Å². The van der Waals surface area contributed by atoms with Crippen molar-refractivity contribution in [3.05, 3.63) is 64.5 Å². The highest BCUT2D eigenvalue weighted by Crippen LogP contribution is 2.36. The molecule has 8 nitrogen and oxygen atoms in total. The van der Waals surface area contributed by atoms with Crippen LogP contribution in [-0.4, -0.2) is 31.6 Å². The minimum Gasteiger partial charge on any atom is -0.478 e. The van der Waals surface area contributed by atoms with E-state index in [1.54, 1.807) is 19.2 Å². The summed E-state index contributed by atoms with van der Waals surface area (Å²) >= 11 is 6.27. The molecule has 3 heterocycles. The SMILES string of the molecule is C[C@H](NC(=O)c1cnn2cccnc12)c1oc2c(C(=O)O)cc(F)cc2c1Cl. The van der Waals surface area contributed by atoms with Crippen LogP contribution in [0.4, 0.5) is 4.39 Å². The summed E-state index contributed by atoms with van der Waals surface area (Å²) < 4.78 is 20.8. The minimum atomic E-state index is -1.35. The van der Waals surface area contributed by atoms with Gasteiger partial charge in [-0.1, -0.05) is 11.6 Å². The Morgan fingerprint density at radius 2 is 2.14 bits per heavy atom. The number of carboxylic acid groups (broad SMARTS) is 1. The van der Waals surface area contributed by atoms with Gasteiger partial charge in [-0.25, -0.2) is 18.7 Å². The molecule has 2 N–H and O–H groups in total. The normalized spacial score (nSPS) is 12.4. The van der Waals surface area contributed by atoms with Crippen LogP contribution in [0.3, 0.4) is 0 Å². The zero-order valence-electron chi connectivity index (χ0n) is 14.3. The Kier molecular flexibility index (Phi) is 4.23. The number of hydrogen-bond acceptors (Lipinski definition) is 5. The Balaban J connectivity index is 1.70. The van der Waals surface area contributed by atoms with E-state index >= 15 is 0 Å². The van der Waals surface area contributed by atoms with E-state index < -0.39 is 23.7 Å². The smallest absolute Gasteiger partial charge is 0.339 e. The van der Waals surface area contributed by atoms with Crippen LogP contribution in [0, 0.1) is 5.82 Å². The molecule has 0 aliphatic carbocycles. The van der Waals surface area contributed by atoms with Crippen LogP contribution >= 0.6 is 11.6 Å². The summed E-state index contributed by atoms with van der Waals surface area (Å²) in [5, 5.41) is 16.2. The molecule has 0 unspecified atom stereocenters. The highest BCUT2D eigenvalue weighted by atomic mass is 35.5. The lowest BCUT2D eigenvalue weighted by atomic mass is 10.1. The lowest BCUT2D eigenvalue weighted by Gasteiger charge is -2.11.